The van der Waals surface area contributed by atoms with Gasteiger partial charge in [-0.05, 0) is 36.2 Å². The van der Waals surface area contributed by atoms with Gasteiger partial charge in [0.2, 0.25) is 15.9 Å². The van der Waals surface area contributed by atoms with Gasteiger partial charge in [0.05, 0.1) is 17.7 Å². The highest BCUT2D eigenvalue weighted by Crippen LogP contribution is 2.12. The van der Waals surface area contributed by atoms with Gasteiger partial charge in [0.1, 0.15) is 5.76 Å². The zero-order valence-electron chi connectivity index (χ0n) is 17.6. The topological polar surface area (TPSA) is 130 Å². The van der Waals surface area contributed by atoms with Crippen LogP contribution in [0.4, 0.5) is 0 Å². The molecule has 4 N–H and O–H groups in total. The molecule has 1 fully saturated rings. The Morgan fingerprint density at radius 2 is 2.06 bits per heavy atom. The molecule has 1 aliphatic heterocycles. The molecule has 0 bridgehead atoms. The number of hydrogen-bond donors (Lipinski definition) is 3. The first kappa shape index (κ1) is 22.8. The van der Waals surface area contributed by atoms with Crippen LogP contribution in [0.1, 0.15) is 31.1 Å². The quantitative estimate of drug-likeness (QED) is 0.412. The lowest BCUT2D eigenvalue weighted by molar-refractivity contribution is -0.129. The molecule has 31 heavy (non-hydrogen) atoms. The van der Waals surface area contributed by atoms with Gasteiger partial charge in [-0.1, -0.05) is 19.1 Å². The minimum Gasteiger partial charge on any atom is -0.469 e. The lowest BCUT2D eigenvalue weighted by Crippen LogP contribution is -2.45. The van der Waals surface area contributed by atoms with Crippen LogP contribution in [0.5, 0.6) is 0 Å². The summed E-state index contributed by atoms with van der Waals surface area (Å²) in [5.41, 5.74) is 0.855. The van der Waals surface area contributed by atoms with E-state index >= 15 is 0 Å². The highest BCUT2D eigenvalue weighted by molar-refractivity contribution is 7.89. The molecule has 2 heterocycles. The summed E-state index contributed by atoms with van der Waals surface area (Å²) in [6, 6.07) is 10.2. The number of likely N-dealkylation sites (tertiary alicyclic amines) is 1. The van der Waals surface area contributed by atoms with Crippen LogP contribution >= 0.6 is 0 Å². The normalized spacial score (nSPS) is 17.0. The Balaban J connectivity index is 1.63. The van der Waals surface area contributed by atoms with E-state index in [4.69, 9.17) is 9.56 Å². The molecule has 1 aromatic carbocycles. The van der Waals surface area contributed by atoms with Crippen LogP contribution in [-0.2, 0) is 27.8 Å². The second-order valence-corrected chi connectivity index (χ2v) is 8.99. The number of primary sulfonamides is 1. The molecule has 0 saturated carbocycles. The van der Waals surface area contributed by atoms with Crippen molar-refractivity contribution in [2.24, 2.45) is 10.1 Å². The van der Waals surface area contributed by atoms with Gasteiger partial charge in [0.15, 0.2) is 5.96 Å². The van der Waals surface area contributed by atoms with E-state index in [-0.39, 0.29) is 16.8 Å². The first-order valence-electron chi connectivity index (χ1n) is 10.3. The fourth-order valence-corrected chi connectivity index (χ4v) is 3.90. The molecule has 1 atom stereocenters. The van der Waals surface area contributed by atoms with Crippen LogP contribution in [0.3, 0.4) is 0 Å². The average Bonchev–Trinajstić information content (AvgIpc) is 3.43. The van der Waals surface area contributed by atoms with E-state index in [2.05, 4.69) is 15.6 Å². The van der Waals surface area contributed by atoms with Gasteiger partial charge in [-0.15, -0.1) is 0 Å². The van der Waals surface area contributed by atoms with Crippen LogP contribution < -0.4 is 15.8 Å². The highest BCUT2D eigenvalue weighted by Gasteiger charge is 2.25. The maximum atomic E-state index is 11.9. The summed E-state index contributed by atoms with van der Waals surface area (Å²) < 4.78 is 28.2. The number of hydrogen-bond acceptors (Lipinski definition) is 5. The zero-order chi connectivity index (χ0) is 22.3. The highest BCUT2D eigenvalue weighted by atomic mass is 32.2. The number of carbonyl (C=O) groups excluding carboxylic acids is 1. The van der Waals surface area contributed by atoms with E-state index in [1.165, 1.54) is 12.1 Å². The van der Waals surface area contributed by atoms with Crippen molar-refractivity contribution in [1.82, 2.24) is 15.5 Å². The van der Waals surface area contributed by atoms with Crippen LogP contribution in [0.2, 0.25) is 0 Å². The fourth-order valence-electron chi connectivity index (χ4n) is 3.39. The Bertz CT molecular complexity index is 987. The standard InChI is InChI=1S/C21H29N5O4S/c1-2-20(27)26-12-10-17(15-26)25-21(23-11-9-18-4-3-13-30-18)24-14-16-5-7-19(8-6-16)31(22,28)29/h3-8,13,17H,2,9-12,14-15H2,1H3,(H2,22,28,29)(H2,23,24,25). The SMILES string of the molecule is CCC(=O)N1CCC(NC(=NCc2ccc(S(N)(=O)=O)cc2)NCCc2ccco2)C1. The van der Waals surface area contributed by atoms with E-state index < -0.39 is 10.0 Å². The monoisotopic (exact) mass is 447 g/mol. The van der Waals surface area contributed by atoms with E-state index in [1.807, 2.05) is 24.0 Å². The van der Waals surface area contributed by atoms with Gasteiger partial charge in [0, 0.05) is 38.5 Å². The van der Waals surface area contributed by atoms with Crippen molar-refractivity contribution in [2.45, 2.75) is 43.7 Å². The number of guanidine groups is 1. The third-order valence-corrected chi connectivity index (χ3v) is 6.03. The van der Waals surface area contributed by atoms with Gasteiger partial charge in [-0.25, -0.2) is 18.5 Å². The molecular formula is C21H29N5O4S. The Morgan fingerprint density at radius 1 is 1.29 bits per heavy atom. The van der Waals surface area contributed by atoms with E-state index in [1.54, 1.807) is 18.4 Å². The number of nitrogens with zero attached hydrogens (tertiary/aromatic N) is 2. The van der Waals surface area contributed by atoms with Crippen molar-refractivity contribution in [2.75, 3.05) is 19.6 Å². The van der Waals surface area contributed by atoms with E-state index in [9.17, 15) is 13.2 Å². The van der Waals surface area contributed by atoms with E-state index in [0.29, 0.717) is 38.4 Å². The molecule has 2 aromatic rings. The molecule has 0 radical (unpaired) electrons. The van der Waals surface area contributed by atoms with Crippen LogP contribution in [-0.4, -0.2) is 50.9 Å². The predicted octanol–water partition coefficient (Wildman–Crippen LogP) is 1.22. The summed E-state index contributed by atoms with van der Waals surface area (Å²) in [7, 11) is -3.72. The number of rotatable bonds is 8. The third kappa shape index (κ3) is 6.83. The Hall–Kier alpha value is -2.85. The van der Waals surface area contributed by atoms with Crippen LogP contribution in [0.25, 0.3) is 0 Å². The van der Waals surface area contributed by atoms with Crippen molar-refractivity contribution in [3.8, 4) is 0 Å². The Labute approximate surface area is 182 Å². The van der Waals surface area contributed by atoms with Crippen molar-refractivity contribution in [3.63, 3.8) is 0 Å². The smallest absolute Gasteiger partial charge is 0.238 e. The second kappa shape index (κ2) is 10.5. The second-order valence-electron chi connectivity index (χ2n) is 7.43. The Kier molecular flexibility index (Phi) is 7.69. The van der Waals surface area contributed by atoms with Gasteiger partial charge in [-0.2, -0.15) is 0 Å². The molecule has 1 saturated heterocycles. The summed E-state index contributed by atoms with van der Waals surface area (Å²) >= 11 is 0. The minimum atomic E-state index is -3.72. The minimum absolute atomic E-state index is 0.0711. The van der Waals surface area contributed by atoms with Gasteiger partial charge in [0.25, 0.3) is 0 Å². The lowest BCUT2D eigenvalue weighted by Gasteiger charge is -2.19. The van der Waals surface area contributed by atoms with E-state index in [0.717, 1.165) is 24.3 Å². The molecule has 10 heteroatoms. The summed E-state index contributed by atoms with van der Waals surface area (Å²) in [5, 5.41) is 11.9. The number of nitrogens with two attached hydrogens (primary N) is 1. The number of sulfonamides is 1. The summed E-state index contributed by atoms with van der Waals surface area (Å²) in [4.78, 5) is 18.5. The third-order valence-electron chi connectivity index (χ3n) is 5.10. The summed E-state index contributed by atoms with van der Waals surface area (Å²) in [6.45, 7) is 4.25. The van der Waals surface area contributed by atoms with Crippen molar-refractivity contribution < 1.29 is 17.6 Å². The lowest BCUT2D eigenvalue weighted by atomic mass is 10.2. The number of furan rings is 1. The zero-order valence-corrected chi connectivity index (χ0v) is 18.4. The fraction of sp³-hybridized carbons (Fsp3) is 0.429. The summed E-state index contributed by atoms with van der Waals surface area (Å²) in [5.74, 6) is 1.67. The molecule has 1 unspecified atom stereocenters. The van der Waals surface area contributed by atoms with Crippen LogP contribution in [0, 0.1) is 0 Å². The number of benzene rings is 1. The number of nitrogens with one attached hydrogen (secondary N) is 2. The molecular weight excluding hydrogens is 418 g/mol. The first-order chi connectivity index (χ1) is 14.8. The molecule has 0 spiro atoms. The maximum Gasteiger partial charge on any atom is 0.238 e. The van der Waals surface area contributed by atoms with Crippen molar-refractivity contribution in [1.29, 1.82) is 0 Å². The van der Waals surface area contributed by atoms with Crippen molar-refractivity contribution in [3.05, 3.63) is 54.0 Å². The largest absolute Gasteiger partial charge is 0.469 e. The molecule has 3 rings (SSSR count). The number of aliphatic imine (C=N–C) groups is 1. The predicted molar refractivity (Wildman–Crippen MR) is 118 cm³/mol. The van der Waals surface area contributed by atoms with Gasteiger partial charge < -0.3 is 20.0 Å². The average molecular weight is 448 g/mol. The maximum absolute atomic E-state index is 11.9. The first-order valence-corrected chi connectivity index (χ1v) is 11.9. The Morgan fingerprint density at radius 3 is 2.71 bits per heavy atom. The van der Waals surface area contributed by atoms with Crippen molar-refractivity contribution >= 4 is 21.9 Å². The number of amides is 1. The van der Waals surface area contributed by atoms with Crippen LogP contribution in [0.15, 0.2) is 57.0 Å². The molecule has 168 valence electrons. The molecule has 1 aliphatic rings. The van der Waals surface area contributed by atoms with Gasteiger partial charge in [-0.3, -0.25) is 4.79 Å². The molecule has 1 amide bonds. The molecule has 1 aromatic heterocycles. The molecule has 0 aliphatic carbocycles. The van der Waals surface area contributed by atoms with Gasteiger partial charge >= 0.3 is 0 Å². The molecule has 9 nitrogen and oxygen atoms in total. The number of carbonyl (C=O) groups is 1. The summed E-state index contributed by atoms with van der Waals surface area (Å²) in [6.07, 6.45) is 3.71.